The Balaban J connectivity index is 1.59. The molecule has 0 bridgehead atoms. The predicted octanol–water partition coefficient (Wildman–Crippen LogP) is 5.14. The van der Waals surface area contributed by atoms with Gasteiger partial charge in [0.25, 0.3) is 0 Å². The van der Waals surface area contributed by atoms with Crippen LogP contribution in [-0.4, -0.2) is 71.6 Å². The third kappa shape index (κ3) is 8.15. The standard InChI is InChI=1S/C29H35FN4O5S/c1-29(2,3)39-28(37)33(19-26(35)36)13-4-14-34-25(20-40-27(34)31-23-9-7-22(30)8-10-23)21-5-11-24(12-6-21)32-15-17-38-18-16-32/h5-12,20H,4,13-19H2,1-3H3,(H,35,36). The molecule has 9 nitrogen and oxygen atoms in total. The minimum Gasteiger partial charge on any atom is -0.480 e. The number of aromatic nitrogens is 1. The fourth-order valence-corrected chi connectivity index (χ4v) is 5.26. The first-order chi connectivity index (χ1) is 19.1. The number of hydrogen-bond acceptors (Lipinski definition) is 7. The summed E-state index contributed by atoms with van der Waals surface area (Å²) in [5.74, 6) is -1.44. The first-order valence-electron chi connectivity index (χ1n) is 13.2. The first kappa shape index (κ1) is 29.3. The molecule has 214 valence electrons. The fraction of sp³-hybridized carbons (Fsp3) is 0.414. The second-order valence-corrected chi connectivity index (χ2v) is 11.3. The summed E-state index contributed by atoms with van der Waals surface area (Å²) in [4.78, 5) is 33.0. The Morgan fingerprint density at radius 3 is 2.40 bits per heavy atom. The van der Waals surface area contributed by atoms with Gasteiger partial charge in [-0.1, -0.05) is 12.1 Å². The van der Waals surface area contributed by atoms with Gasteiger partial charge in [-0.05, 0) is 69.2 Å². The summed E-state index contributed by atoms with van der Waals surface area (Å²) in [5.41, 5.74) is 2.96. The maximum atomic E-state index is 13.5. The third-order valence-electron chi connectivity index (χ3n) is 6.18. The Bertz CT molecular complexity index is 1360. The quantitative estimate of drug-likeness (QED) is 0.383. The lowest BCUT2D eigenvalue weighted by atomic mass is 10.1. The maximum Gasteiger partial charge on any atom is 0.410 e. The summed E-state index contributed by atoms with van der Waals surface area (Å²) in [6.45, 7) is 8.56. The van der Waals surface area contributed by atoms with E-state index in [4.69, 9.17) is 14.5 Å². The van der Waals surface area contributed by atoms with Crippen molar-refractivity contribution in [3.05, 3.63) is 64.5 Å². The van der Waals surface area contributed by atoms with Gasteiger partial charge in [0.2, 0.25) is 0 Å². The van der Waals surface area contributed by atoms with E-state index in [1.54, 1.807) is 32.9 Å². The molecule has 1 amide bonds. The number of amides is 1. The number of morpholine rings is 1. The van der Waals surface area contributed by atoms with E-state index in [2.05, 4.69) is 29.2 Å². The van der Waals surface area contributed by atoms with Crippen LogP contribution in [0.15, 0.2) is 58.9 Å². The molecular formula is C29H35FN4O5S. The molecule has 40 heavy (non-hydrogen) atoms. The zero-order valence-corrected chi connectivity index (χ0v) is 23.8. The molecule has 2 heterocycles. The molecule has 1 fully saturated rings. The van der Waals surface area contributed by atoms with Crippen LogP contribution in [0.1, 0.15) is 27.2 Å². The van der Waals surface area contributed by atoms with Crippen LogP contribution in [0.4, 0.5) is 20.6 Å². The van der Waals surface area contributed by atoms with Gasteiger partial charge in [0.15, 0.2) is 4.80 Å². The second-order valence-electron chi connectivity index (χ2n) is 10.4. The minimum absolute atomic E-state index is 0.190. The number of halogens is 1. The highest BCUT2D eigenvalue weighted by atomic mass is 32.1. The van der Waals surface area contributed by atoms with Crippen LogP contribution in [0.2, 0.25) is 0 Å². The number of benzene rings is 2. The Labute approximate surface area is 237 Å². The van der Waals surface area contributed by atoms with Gasteiger partial charge in [-0.2, -0.15) is 0 Å². The molecule has 1 aromatic heterocycles. The molecule has 2 aromatic carbocycles. The molecule has 0 aliphatic carbocycles. The van der Waals surface area contributed by atoms with Crippen LogP contribution < -0.4 is 9.70 Å². The smallest absolute Gasteiger partial charge is 0.410 e. The van der Waals surface area contributed by atoms with Crippen molar-refractivity contribution in [2.75, 3.05) is 44.3 Å². The van der Waals surface area contributed by atoms with Crippen molar-refractivity contribution >= 4 is 34.8 Å². The van der Waals surface area contributed by atoms with E-state index in [0.29, 0.717) is 36.7 Å². The molecular weight excluding hydrogens is 535 g/mol. The molecule has 4 rings (SSSR count). The Morgan fingerprint density at radius 1 is 1.10 bits per heavy atom. The lowest BCUT2D eigenvalue weighted by Crippen LogP contribution is -2.40. The van der Waals surface area contributed by atoms with Crippen LogP contribution >= 0.6 is 11.3 Å². The van der Waals surface area contributed by atoms with E-state index in [1.165, 1.54) is 28.4 Å². The molecule has 3 aromatic rings. The Hall–Kier alpha value is -3.70. The minimum atomic E-state index is -1.11. The van der Waals surface area contributed by atoms with Crippen LogP contribution in [0.25, 0.3) is 11.3 Å². The highest BCUT2D eigenvalue weighted by Gasteiger charge is 2.24. The van der Waals surface area contributed by atoms with Gasteiger partial charge in [0.05, 0.1) is 24.6 Å². The van der Waals surface area contributed by atoms with Gasteiger partial charge >= 0.3 is 12.1 Å². The predicted molar refractivity (Wildman–Crippen MR) is 152 cm³/mol. The van der Waals surface area contributed by atoms with Gasteiger partial charge < -0.3 is 24.0 Å². The molecule has 1 saturated heterocycles. The van der Waals surface area contributed by atoms with Crippen molar-refractivity contribution in [3.63, 3.8) is 0 Å². The summed E-state index contributed by atoms with van der Waals surface area (Å²) < 4.78 is 26.4. The van der Waals surface area contributed by atoms with Gasteiger partial charge in [-0.3, -0.25) is 9.69 Å². The zero-order valence-electron chi connectivity index (χ0n) is 23.0. The Kier molecular flexibility index (Phi) is 9.59. The largest absolute Gasteiger partial charge is 0.480 e. The van der Waals surface area contributed by atoms with Crippen molar-refractivity contribution in [1.29, 1.82) is 0 Å². The zero-order chi connectivity index (χ0) is 28.7. The number of ether oxygens (including phenoxy) is 2. The SMILES string of the molecule is CC(C)(C)OC(=O)N(CCCn1c(-c2ccc(N3CCOCC3)cc2)csc1=Nc1ccc(F)cc1)CC(=O)O. The summed E-state index contributed by atoms with van der Waals surface area (Å²) in [6.07, 6.45) is -0.195. The van der Waals surface area contributed by atoms with Crippen LogP contribution in [-0.2, 0) is 20.8 Å². The first-order valence-corrected chi connectivity index (χ1v) is 14.1. The van der Waals surface area contributed by atoms with E-state index in [9.17, 15) is 19.1 Å². The average molecular weight is 571 g/mol. The summed E-state index contributed by atoms with van der Waals surface area (Å²) in [5, 5.41) is 11.4. The van der Waals surface area contributed by atoms with Gasteiger partial charge in [0, 0.05) is 37.2 Å². The molecule has 1 N–H and O–H groups in total. The van der Waals surface area contributed by atoms with Gasteiger partial charge in [-0.25, -0.2) is 14.2 Å². The average Bonchev–Trinajstić information content (AvgIpc) is 3.31. The van der Waals surface area contributed by atoms with Crippen LogP contribution in [0.3, 0.4) is 0 Å². The number of rotatable bonds is 9. The number of nitrogens with zero attached hydrogens (tertiary/aromatic N) is 4. The van der Waals surface area contributed by atoms with Gasteiger partial charge in [0.1, 0.15) is 18.0 Å². The van der Waals surface area contributed by atoms with Crippen LogP contribution in [0, 0.1) is 5.82 Å². The number of thiazole rings is 1. The van der Waals surface area contributed by atoms with E-state index in [1.807, 2.05) is 9.95 Å². The van der Waals surface area contributed by atoms with Crippen molar-refractivity contribution in [2.24, 2.45) is 4.99 Å². The number of aliphatic carboxylic acids is 1. The second kappa shape index (κ2) is 13.1. The number of hydrogen-bond donors (Lipinski definition) is 1. The molecule has 0 radical (unpaired) electrons. The normalized spacial score (nSPS) is 14.3. The van der Waals surface area contributed by atoms with Crippen molar-refractivity contribution in [1.82, 2.24) is 9.47 Å². The summed E-state index contributed by atoms with van der Waals surface area (Å²) in [6, 6.07) is 14.3. The third-order valence-corrected chi connectivity index (χ3v) is 7.04. The van der Waals surface area contributed by atoms with E-state index < -0.39 is 24.2 Å². The number of anilines is 1. The Morgan fingerprint density at radius 2 is 1.77 bits per heavy atom. The number of carbonyl (C=O) groups excluding carboxylic acids is 1. The summed E-state index contributed by atoms with van der Waals surface area (Å²) >= 11 is 1.46. The highest BCUT2D eigenvalue weighted by molar-refractivity contribution is 7.07. The van der Waals surface area contributed by atoms with E-state index in [-0.39, 0.29) is 12.4 Å². The van der Waals surface area contributed by atoms with Crippen LogP contribution in [0.5, 0.6) is 0 Å². The van der Waals surface area contributed by atoms with Crippen molar-refractivity contribution in [2.45, 2.75) is 39.3 Å². The lowest BCUT2D eigenvalue weighted by molar-refractivity contribution is -0.138. The van der Waals surface area contributed by atoms with E-state index >= 15 is 0 Å². The van der Waals surface area contributed by atoms with Crippen molar-refractivity contribution in [3.8, 4) is 11.3 Å². The molecule has 0 saturated carbocycles. The monoisotopic (exact) mass is 570 g/mol. The molecule has 0 spiro atoms. The molecule has 1 aliphatic heterocycles. The topological polar surface area (TPSA) is 96.6 Å². The van der Waals surface area contributed by atoms with Gasteiger partial charge in [-0.15, -0.1) is 11.3 Å². The summed E-state index contributed by atoms with van der Waals surface area (Å²) in [7, 11) is 0. The van der Waals surface area contributed by atoms with E-state index in [0.717, 1.165) is 30.0 Å². The highest BCUT2D eigenvalue weighted by Crippen LogP contribution is 2.25. The lowest BCUT2D eigenvalue weighted by Gasteiger charge is -2.29. The number of carboxylic acids is 1. The molecule has 0 atom stereocenters. The maximum absolute atomic E-state index is 13.5. The molecule has 11 heteroatoms. The number of carbonyl (C=O) groups is 2. The fourth-order valence-electron chi connectivity index (χ4n) is 4.30. The van der Waals surface area contributed by atoms with Crippen molar-refractivity contribution < 1.29 is 28.6 Å². The number of carboxylic acid groups (broad SMARTS) is 1. The molecule has 0 unspecified atom stereocenters. The molecule has 1 aliphatic rings.